The van der Waals surface area contributed by atoms with Gasteiger partial charge in [0.15, 0.2) is 23.4 Å². The summed E-state index contributed by atoms with van der Waals surface area (Å²) in [4.78, 5) is 26.4. The topological polar surface area (TPSA) is 92.5 Å². The third-order valence-electron chi connectivity index (χ3n) is 5.09. The van der Waals surface area contributed by atoms with Crippen molar-refractivity contribution in [3.8, 4) is 0 Å². The van der Waals surface area contributed by atoms with Gasteiger partial charge < -0.3 is 9.84 Å². The van der Waals surface area contributed by atoms with Gasteiger partial charge in [-0.3, -0.25) is 13.8 Å². The zero-order chi connectivity index (χ0) is 22.2. The van der Waals surface area contributed by atoms with E-state index in [0.29, 0.717) is 17.1 Å². The Morgan fingerprint density at radius 1 is 1.23 bits per heavy atom. The number of hydrogen-bond donors (Lipinski definition) is 1. The van der Waals surface area contributed by atoms with Crippen LogP contribution in [0.4, 0.5) is 5.82 Å². The average molecular weight is 464 g/mol. The molecular formula is C22H29N3O4S2. The zero-order valence-corrected chi connectivity index (χ0v) is 19.6. The Balaban J connectivity index is 1.50. The van der Waals surface area contributed by atoms with E-state index in [0.717, 1.165) is 17.7 Å². The highest BCUT2D eigenvalue weighted by molar-refractivity contribution is 7.97. The van der Waals surface area contributed by atoms with Crippen molar-refractivity contribution in [1.82, 2.24) is 9.46 Å². The first-order valence-corrected chi connectivity index (χ1v) is 12.9. The Morgan fingerprint density at radius 2 is 1.97 bits per heavy atom. The van der Waals surface area contributed by atoms with Gasteiger partial charge in [0.25, 0.3) is 5.91 Å². The smallest absolute Gasteiger partial charge is 0.251 e. The second kappa shape index (κ2) is 11.6. The van der Waals surface area contributed by atoms with Crippen LogP contribution in [0.15, 0.2) is 39.8 Å². The minimum Gasteiger partial charge on any atom is -0.358 e. The van der Waals surface area contributed by atoms with Gasteiger partial charge in [-0.2, -0.15) is 0 Å². The van der Waals surface area contributed by atoms with Crippen molar-refractivity contribution in [2.75, 3.05) is 18.1 Å². The highest BCUT2D eigenvalue weighted by atomic mass is 32.2. The third-order valence-corrected chi connectivity index (χ3v) is 7.50. The van der Waals surface area contributed by atoms with Crippen molar-refractivity contribution < 1.29 is 18.3 Å². The third kappa shape index (κ3) is 6.51. The van der Waals surface area contributed by atoms with E-state index in [1.807, 2.05) is 12.1 Å². The summed E-state index contributed by atoms with van der Waals surface area (Å²) in [5, 5.41) is 6.50. The number of benzene rings is 1. The molecule has 7 nitrogen and oxygen atoms in total. The number of unbranched alkanes of at least 4 members (excludes halogenated alkanes) is 5. The molecule has 0 radical (unpaired) electrons. The molecule has 1 N–H and O–H groups in total. The van der Waals surface area contributed by atoms with Crippen LogP contribution < -0.4 is 5.32 Å². The van der Waals surface area contributed by atoms with Crippen molar-refractivity contribution in [2.24, 2.45) is 0 Å². The first kappa shape index (κ1) is 23.7. The summed E-state index contributed by atoms with van der Waals surface area (Å²) >= 11 is 1.36. The van der Waals surface area contributed by atoms with E-state index in [2.05, 4.69) is 17.4 Å². The second-order valence-electron chi connectivity index (χ2n) is 7.62. The average Bonchev–Trinajstić information content (AvgIpc) is 3.17. The minimum absolute atomic E-state index is 0.224. The summed E-state index contributed by atoms with van der Waals surface area (Å²) in [6.45, 7) is 2.19. The van der Waals surface area contributed by atoms with Gasteiger partial charge in [-0.1, -0.05) is 62.4 Å². The maximum absolute atomic E-state index is 12.8. The fourth-order valence-corrected chi connectivity index (χ4v) is 5.60. The Labute approximate surface area is 189 Å². The van der Waals surface area contributed by atoms with Crippen LogP contribution in [-0.2, 0) is 21.3 Å². The van der Waals surface area contributed by atoms with Crippen molar-refractivity contribution in [3.05, 3.63) is 41.7 Å². The molecule has 2 atom stereocenters. The van der Waals surface area contributed by atoms with E-state index in [1.165, 1.54) is 37.6 Å². The number of likely N-dealkylation sites (N-methyl/N-ethyl adjacent to an activating group) is 1. The van der Waals surface area contributed by atoms with E-state index in [-0.39, 0.29) is 17.4 Å². The van der Waals surface area contributed by atoms with Crippen LogP contribution in [0.25, 0.3) is 0 Å². The molecule has 0 saturated heterocycles. The van der Waals surface area contributed by atoms with Crippen LogP contribution in [0.5, 0.6) is 0 Å². The van der Waals surface area contributed by atoms with Gasteiger partial charge in [0.1, 0.15) is 0 Å². The molecular weight excluding hydrogens is 434 g/mol. The number of amides is 1. The highest BCUT2D eigenvalue weighted by Gasteiger charge is 2.37. The highest BCUT2D eigenvalue weighted by Crippen LogP contribution is 2.34. The number of carbonyl (C=O) groups excluding carboxylic acids is 2. The first-order valence-electron chi connectivity index (χ1n) is 10.6. The van der Waals surface area contributed by atoms with E-state index in [9.17, 15) is 13.8 Å². The lowest BCUT2D eigenvalue weighted by Crippen LogP contribution is -2.46. The molecule has 2 aromatic rings. The fourth-order valence-electron chi connectivity index (χ4n) is 3.46. The van der Waals surface area contributed by atoms with Crippen LogP contribution >= 0.6 is 11.9 Å². The van der Waals surface area contributed by atoms with Crippen LogP contribution in [0, 0.1) is 0 Å². The minimum atomic E-state index is -1.03. The number of rotatable bonds is 11. The van der Waals surface area contributed by atoms with E-state index in [4.69, 9.17) is 4.52 Å². The predicted molar refractivity (Wildman–Crippen MR) is 123 cm³/mol. The van der Waals surface area contributed by atoms with Gasteiger partial charge in [-0.25, -0.2) is 4.31 Å². The molecule has 1 aromatic heterocycles. The van der Waals surface area contributed by atoms with Gasteiger partial charge in [0.05, 0.1) is 5.75 Å². The molecule has 1 aliphatic rings. The number of anilines is 1. The van der Waals surface area contributed by atoms with Gasteiger partial charge in [0, 0.05) is 33.1 Å². The number of ketones is 1. The predicted octanol–water partition coefficient (Wildman–Crippen LogP) is 4.43. The van der Waals surface area contributed by atoms with Crippen molar-refractivity contribution in [1.29, 1.82) is 0 Å². The summed E-state index contributed by atoms with van der Waals surface area (Å²) < 4.78 is 19.1. The molecule has 0 aliphatic carbocycles. The van der Waals surface area contributed by atoms with Crippen molar-refractivity contribution in [2.45, 2.75) is 62.1 Å². The lowest BCUT2D eigenvalue weighted by molar-refractivity contribution is -0.118. The molecule has 9 heteroatoms. The Kier molecular flexibility index (Phi) is 8.86. The molecule has 1 aliphatic heterocycles. The second-order valence-corrected chi connectivity index (χ2v) is 10.4. The standard InChI is InChI=1S/C22H29N3O4S2/c1-3-4-5-6-7-10-13-31(28)15-16-14-19(24-29-16)23-22(27)20-21(26)17-11-8-9-12-18(17)30-25(20)2/h8-9,11-12,14,20H,3-7,10,13,15H2,1-2H3,(H,23,24,27). The van der Waals surface area contributed by atoms with E-state index in [1.54, 1.807) is 29.6 Å². The lowest BCUT2D eigenvalue weighted by atomic mass is 10.0. The fraction of sp³-hybridized carbons (Fsp3) is 0.500. The molecule has 0 saturated carbocycles. The van der Waals surface area contributed by atoms with E-state index >= 15 is 0 Å². The Morgan fingerprint density at radius 3 is 2.77 bits per heavy atom. The van der Waals surface area contributed by atoms with Crippen LogP contribution in [0.3, 0.4) is 0 Å². The maximum Gasteiger partial charge on any atom is 0.251 e. The number of Topliss-reactive ketones (excluding diaryl/α,β-unsaturated/α-hetero) is 1. The number of fused-ring (bicyclic) bond motifs is 1. The molecule has 2 unspecified atom stereocenters. The molecule has 0 bridgehead atoms. The largest absolute Gasteiger partial charge is 0.358 e. The molecule has 1 amide bonds. The normalized spacial score (nSPS) is 17.4. The Bertz CT molecular complexity index is 931. The molecule has 168 valence electrons. The maximum atomic E-state index is 12.8. The number of aromatic nitrogens is 1. The van der Waals surface area contributed by atoms with Crippen LogP contribution in [0.2, 0.25) is 0 Å². The monoisotopic (exact) mass is 463 g/mol. The summed E-state index contributed by atoms with van der Waals surface area (Å²) in [5.74, 6) is 0.862. The molecule has 0 fully saturated rings. The van der Waals surface area contributed by atoms with Gasteiger partial charge in [0.2, 0.25) is 0 Å². The molecule has 3 rings (SSSR count). The molecule has 0 spiro atoms. The first-order chi connectivity index (χ1) is 15.0. The molecule has 31 heavy (non-hydrogen) atoms. The van der Waals surface area contributed by atoms with Gasteiger partial charge in [-0.15, -0.1) is 0 Å². The van der Waals surface area contributed by atoms with Crippen molar-refractivity contribution >= 4 is 40.3 Å². The number of hydrogen-bond acceptors (Lipinski definition) is 7. The van der Waals surface area contributed by atoms with Crippen molar-refractivity contribution in [3.63, 3.8) is 0 Å². The SMILES string of the molecule is CCCCCCCCS(=O)Cc1cc(NC(=O)C2C(=O)c3ccccc3SN2C)no1. The van der Waals surface area contributed by atoms with E-state index < -0.39 is 22.7 Å². The Hall–Kier alpha value is -1.97. The number of carbonyl (C=O) groups is 2. The lowest BCUT2D eigenvalue weighted by Gasteiger charge is -2.30. The summed E-state index contributed by atoms with van der Waals surface area (Å²) in [6.07, 6.45) is 6.91. The molecule has 2 heterocycles. The number of nitrogens with one attached hydrogen (secondary N) is 1. The van der Waals surface area contributed by atoms with Gasteiger partial charge >= 0.3 is 0 Å². The summed E-state index contributed by atoms with van der Waals surface area (Å²) in [5.41, 5.74) is 0.539. The van der Waals surface area contributed by atoms with Crippen LogP contribution in [0.1, 0.15) is 61.6 Å². The van der Waals surface area contributed by atoms with Crippen LogP contribution in [-0.4, -0.2) is 44.2 Å². The summed E-state index contributed by atoms with van der Waals surface area (Å²) in [7, 11) is 0.680. The summed E-state index contributed by atoms with van der Waals surface area (Å²) in [6, 6.07) is 7.85. The number of nitrogens with zero attached hydrogens (tertiary/aromatic N) is 2. The zero-order valence-electron chi connectivity index (χ0n) is 18.0. The molecule has 1 aromatic carbocycles. The van der Waals surface area contributed by atoms with Gasteiger partial charge in [-0.05, 0) is 31.5 Å². The quantitative estimate of drug-likeness (QED) is 0.299.